The van der Waals surface area contributed by atoms with Crippen LogP contribution in [0.2, 0.25) is 0 Å². The van der Waals surface area contributed by atoms with Crippen LogP contribution in [-0.4, -0.2) is 37.2 Å². The molecule has 0 aliphatic carbocycles. The minimum atomic E-state index is -0.785. The zero-order valence-electron chi connectivity index (χ0n) is 46.5. The molecule has 0 radical (unpaired) electrons. The Balaban J connectivity index is 4.35. The van der Waals surface area contributed by atoms with Gasteiger partial charge in [-0.25, -0.2) is 0 Å². The number of rotatable bonds is 55. The largest absolute Gasteiger partial charge is 0.462 e. The molecule has 0 aromatic carbocycles. The summed E-state index contributed by atoms with van der Waals surface area (Å²) in [7, 11) is 0. The van der Waals surface area contributed by atoms with Gasteiger partial charge in [-0.3, -0.25) is 14.4 Å². The van der Waals surface area contributed by atoms with E-state index in [1.54, 1.807) is 0 Å². The lowest BCUT2D eigenvalue weighted by atomic mass is 10.1. The van der Waals surface area contributed by atoms with Crippen LogP contribution >= 0.6 is 0 Å². The Bertz CT molecular complexity index is 1260. The number of carbonyl (C=O) groups excluding carboxylic acids is 3. The van der Waals surface area contributed by atoms with Gasteiger partial charge in [-0.1, -0.05) is 242 Å². The molecule has 406 valence electrons. The molecule has 0 aromatic heterocycles. The van der Waals surface area contributed by atoms with Gasteiger partial charge in [-0.15, -0.1) is 0 Å². The summed E-state index contributed by atoms with van der Waals surface area (Å²) in [6, 6.07) is 0. The van der Waals surface area contributed by atoms with E-state index in [4.69, 9.17) is 14.2 Å². The summed E-state index contributed by atoms with van der Waals surface area (Å²) in [4.78, 5) is 38.2. The molecule has 6 nitrogen and oxygen atoms in total. The second kappa shape index (κ2) is 58.7. The van der Waals surface area contributed by atoms with Gasteiger partial charge >= 0.3 is 17.9 Å². The van der Waals surface area contributed by atoms with Gasteiger partial charge in [-0.2, -0.15) is 0 Å². The average molecular weight is 980 g/mol. The Labute approximate surface area is 434 Å². The highest BCUT2D eigenvalue weighted by atomic mass is 16.6. The number of hydrogen-bond donors (Lipinski definition) is 0. The van der Waals surface area contributed by atoms with Crippen molar-refractivity contribution in [2.45, 2.75) is 316 Å². The number of ether oxygens (including phenoxy) is 3. The third-order valence-corrected chi connectivity index (χ3v) is 13.2. The predicted octanol–water partition coefficient (Wildman–Crippen LogP) is 20.4. The molecule has 0 fully saturated rings. The van der Waals surface area contributed by atoms with Gasteiger partial charge in [-0.05, 0) is 109 Å². The predicted molar refractivity (Wildman–Crippen MR) is 302 cm³/mol. The maximum absolute atomic E-state index is 12.9. The normalized spacial score (nSPS) is 12.4. The smallest absolute Gasteiger partial charge is 0.306 e. The van der Waals surface area contributed by atoms with E-state index in [1.165, 1.54) is 173 Å². The van der Waals surface area contributed by atoms with Crippen molar-refractivity contribution in [1.29, 1.82) is 0 Å². The van der Waals surface area contributed by atoms with Gasteiger partial charge < -0.3 is 14.2 Å². The molecule has 0 spiro atoms. The fourth-order valence-corrected chi connectivity index (χ4v) is 8.62. The molecule has 0 amide bonds. The Kier molecular flexibility index (Phi) is 56.3. The standard InChI is InChI=1S/C64H114O6/c1-4-7-10-13-16-19-22-25-28-29-30-31-32-33-34-35-37-39-42-45-48-51-54-57-63(66)69-60-61(59-68-62(65)56-53-50-47-44-41-38-27-24-21-18-15-12-9-6-3)70-64(67)58-55-52-49-46-43-40-36-26-23-20-17-14-11-8-5-2/h22,24-27,29-30,32-33,36,61H,4-21,23,28,31,34-35,37-60H2,1-3H3/b25-22-,27-24-,30-29-,33-32-,36-26-. The van der Waals surface area contributed by atoms with Crippen LogP contribution in [0.15, 0.2) is 60.8 Å². The van der Waals surface area contributed by atoms with E-state index in [2.05, 4.69) is 81.5 Å². The fourth-order valence-electron chi connectivity index (χ4n) is 8.62. The molecule has 70 heavy (non-hydrogen) atoms. The van der Waals surface area contributed by atoms with E-state index < -0.39 is 6.10 Å². The maximum Gasteiger partial charge on any atom is 0.306 e. The summed E-state index contributed by atoms with van der Waals surface area (Å²) in [5, 5.41) is 0. The molecule has 0 aromatic rings. The maximum atomic E-state index is 12.9. The summed E-state index contributed by atoms with van der Waals surface area (Å²) in [5.41, 5.74) is 0. The number of carbonyl (C=O) groups is 3. The van der Waals surface area contributed by atoms with Crippen LogP contribution in [-0.2, 0) is 28.6 Å². The fraction of sp³-hybridized carbons (Fsp3) is 0.797. The first-order valence-corrected chi connectivity index (χ1v) is 30.3. The van der Waals surface area contributed by atoms with Crippen molar-refractivity contribution in [3.05, 3.63) is 60.8 Å². The van der Waals surface area contributed by atoms with Crippen molar-refractivity contribution in [3.63, 3.8) is 0 Å². The van der Waals surface area contributed by atoms with E-state index in [0.29, 0.717) is 19.3 Å². The second-order valence-electron chi connectivity index (χ2n) is 20.2. The molecule has 0 saturated heterocycles. The van der Waals surface area contributed by atoms with Gasteiger partial charge in [0.1, 0.15) is 13.2 Å². The van der Waals surface area contributed by atoms with Crippen LogP contribution in [0.1, 0.15) is 310 Å². The van der Waals surface area contributed by atoms with Gasteiger partial charge in [0, 0.05) is 19.3 Å². The lowest BCUT2D eigenvalue weighted by molar-refractivity contribution is -0.167. The summed E-state index contributed by atoms with van der Waals surface area (Å²) < 4.78 is 16.9. The van der Waals surface area contributed by atoms with E-state index in [-0.39, 0.29) is 31.1 Å². The van der Waals surface area contributed by atoms with Gasteiger partial charge in [0.05, 0.1) is 0 Å². The number of unbranched alkanes of at least 4 members (excludes halogenated alkanes) is 34. The minimum Gasteiger partial charge on any atom is -0.462 e. The van der Waals surface area contributed by atoms with Crippen LogP contribution < -0.4 is 0 Å². The van der Waals surface area contributed by atoms with Crippen molar-refractivity contribution in [2.75, 3.05) is 13.2 Å². The van der Waals surface area contributed by atoms with Crippen molar-refractivity contribution >= 4 is 17.9 Å². The van der Waals surface area contributed by atoms with Gasteiger partial charge in [0.2, 0.25) is 0 Å². The average Bonchev–Trinajstić information content (AvgIpc) is 3.36. The molecule has 0 N–H and O–H groups in total. The molecule has 0 aliphatic rings. The van der Waals surface area contributed by atoms with Crippen LogP contribution in [0.25, 0.3) is 0 Å². The Hall–Kier alpha value is -2.89. The number of hydrogen-bond acceptors (Lipinski definition) is 6. The molecule has 0 saturated carbocycles. The quantitative estimate of drug-likeness (QED) is 0.0261. The molecule has 1 unspecified atom stereocenters. The summed E-state index contributed by atoms with van der Waals surface area (Å²) in [6.45, 7) is 6.62. The lowest BCUT2D eigenvalue weighted by Crippen LogP contribution is -2.30. The summed E-state index contributed by atoms with van der Waals surface area (Å²) in [6.07, 6.45) is 73.5. The highest BCUT2D eigenvalue weighted by Gasteiger charge is 2.19. The molecule has 1 atom stereocenters. The van der Waals surface area contributed by atoms with E-state index in [1.807, 2.05) is 0 Å². The summed E-state index contributed by atoms with van der Waals surface area (Å²) in [5.74, 6) is -0.895. The molecule has 0 heterocycles. The van der Waals surface area contributed by atoms with Crippen LogP contribution in [0.3, 0.4) is 0 Å². The molecule has 0 rings (SSSR count). The molecule has 0 aliphatic heterocycles. The first-order valence-electron chi connectivity index (χ1n) is 30.3. The number of esters is 3. The number of allylic oxidation sites excluding steroid dienone is 10. The molecular weight excluding hydrogens is 865 g/mol. The first kappa shape index (κ1) is 67.1. The topological polar surface area (TPSA) is 78.9 Å². The van der Waals surface area contributed by atoms with Crippen LogP contribution in [0, 0.1) is 0 Å². The van der Waals surface area contributed by atoms with Crippen molar-refractivity contribution in [2.24, 2.45) is 0 Å². The zero-order chi connectivity index (χ0) is 50.7. The third-order valence-electron chi connectivity index (χ3n) is 13.2. The molecular formula is C64H114O6. The minimum absolute atomic E-state index is 0.0830. The van der Waals surface area contributed by atoms with E-state index >= 15 is 0 Å². The van der Waals surface area contributed by atoms with E-state index in [0.717, 1.165) is 96.3 Å². The monoisotopic (exact) mass is 979 g/mol. The molecule has 0 bridgehead atoms. The Morgan fingerprint density at radius 3 is 0.814 bits per heavy atom. The second-order valence-corrected chi connectivity index (χ2v) is 20.2. The molecule has 6 heteroatoms. The SMILES string of the molecule is CCCCCCC/C=C\C/C=C\C/C=C\CCCCCCCCCCC(=O)OCC(COC(=O)CCCCCCC/C=C\CCCCCCC)OC(=O)CCCCCCC/C=C\CCCCCCCC. The van der Waals surface area contributed by atoms with Crippen molar-refractivity contribution in [3.8, 4) is 0 Å². The van der Waals surface area contributed by atoms with Gasteiger partial charge in [0.25, 0.3) is 0 Å². The first-order chi connectivity index (χ1) is 34.5. The highest BCUT2D eigenvalue weighted by molar-refractivity contribution is 5.71. The zero-order valence-corrected chi connectivity index (χ0v) is 46.5. The Morgan fingerprint density at radius 2 is 0.514 bits per heavy atom. The van der Waals surface area contributed by atoms with E-state index in [9.17, 15) is 14.4 Å². The highest BCUT2D eigenvalue weighted by Crippen LogP contribution is 2.15. The van der Waals surface area contributed by atoms with Crippen LogP contribution in [0.4, 0.5) is 0 Å². The van der Waals surface area contributed by atoms with Crippen molar-refractivity contribution in [1.82, 2.24) is 0 Å². The summed E-state index contributed by atoms with van der Waals surface area (Å²) >= 11 is 0. The Morgan fingerprint density at radius 1 is 0.286 bits per heavy atom. The van der Waals surface area contributed by atoms with Crippen molar-refractivity contribution < 1.29 is 28.6 Å². The third kappa shape index (κ3) is 56.0. The van der Waals surface area contributed by atoms with Crippen LogP contribution in [0.5, 0.6) is 0 Å². The van der Waals surface area contributed by atoms with Gasteiger partial charge in [0.15, 0.2) is 6.10 Å². The lowest BCUT2D eigenvalue weighted by Gasteiger charge is -2.18.